The van der Waals surface area contributed by atoms with Crippen molar-refractivity contribution in [1.82, 2.24) is 10.2 Å². The molecule has 1 saturated carbocycles. The summed E-state index contributed by atoms with van der Waals surface area (Å²) in [7, 11) is 0. The zero-order valence-corrected chi connectivity index (χ0v) is 13.6. The fourth-order valence-electron chi connectivity index (χ4n) is 3.78. The number of aryl methyl sites for hydroxylation is 2. The van der Waals surface area contributed by atoms with E-state index in [-0.39, 0.29) is 17.9 Å². The van der Waals surface area contributed by atoms with Crippen LogP contribution in [0, 0.1) is 19.8 Å². The molecule has 0 radical (unpaired) electrons. The van der Waals surface area contributed by atoms with Gasteiger partial charge in [-0.3, -0.25) is 9.69 Å². The molecular weight excluding hydrogens is 276 g/mol. The topological polar surface area (TPSA) is 49.4 Å². The Morgan fingerprint density at radius 1 is 1.27 bits per heavy atom. The smallest absolute Gasteiger partial charge is 0.323 e. The van der Waals surface area contributed by atoms with Gasteiger partial charge >= 0.3 is 6.03 Å². The standard InChI is InChI=1S/C18H24N2O2/c1-12-7-8-13(2)15(10-12)11-20-16(21)18(19-17(20)22)9-5-4-6-14(18)3/h7-8,10,14H,4-6,9,11H2,1-3H3,(H,19,22)/t14-,18+/m1/s1. The molecule has 2 aliphatic rings. The molecule has 1 aliphatic carbocycles. The molecule has 2 atom stereocenters. The van der Waals surface area contributed by atoms with Crippen LogP contribution in [0.15, 0.2) is 18.2 Å². The molecule has 1 aromatic carbocycles. The highest BCUT2D eigenvalue weighted by Gasteiger charge is 2.54. The van der Waals surface area contributed by atoms with Crippen molar-refractivity contribution in [3.8, 4) is 0 Å². The number of urea groups is 1. The van der Waals surface area contributed by atoms with E-state index in [4.69, 9.17) is 0 Å². The van der Waals surface area contributed by atoms with E-state index in [2.05, 4.69) is 24.4 Å². The zero-order chi connectivity index (χ0) is 15.9. The van der Waals surface area contributed by atoms with Crippen molar-refractivity contribution in [1.29, 1.82) is 0 Å². The fraction of sp³-hybridized carbons (Fsp3) is 0.556. The second-order valence-corrected chi connectivity index (χ2v) is 6.87. The van der Waals surface area contributed by atoms with Crippen LogP contribution in [0.5, 0.6) is 0 Å². The van der Waals surface area contributed by atoms with Crippen LogP contribution in [0.1, 0.15) is 49.3 Å². The van der Waals surface area contributed by atoms with Gasteiger partial charge < -0.3 is 5.32 Å². The lowest BCUT2D eigenvalue weighted by molar-refractivity contribution is -0.134. The average molecular weight is 300 g/mol. The molecule has 0 bridgehead atoms. The van der Waals surface area contributed by atoms with E-state index in [1.54, 1.807) is 0 Å². The second-order valence-electron chi connectivity index (χ2n) is 6.87. The van der Waals surface area contributed by atoms with E-state index >= 15 is 0 Å². The summed E-state index contributed by atoms with van der Waals surface area (Å²) in [5.41, 5.74) is 2.65. The van der Waals surface area contributed by atoms with Gasteiger partial charge in [0.2, 0.25) is 0 Å². The van der Waals surface area contributed by atoms with Gasteiger partial charge in [0.05, 0.1) is 6.54 Å². The van der Waals surface area contributed by atoms with Crippen LogP contribution < -0.4 is 5.32 Å². The third-order valence-electron chi connectivity index (χ3n) is 5.33. The SMILES string of the molecule is Cc1ccc(C)c(CN2C(=O)N[C@]3(CCCC[C@H]3C)C2=O)c1. The number of amides is 3. The number of hydrogen-bond donors (Lipinski definition) is 1. The number of carbonyl (C=O) groups is 2. The van der Waals surface area contributed by atoms with Gasteiger partial charge in [-0.2, -0.15) is 0 Å². The van der Waals surface area contributed by atoms with Gasteiger partial charge in [0.1, 0.15) is 5.54 Å². The first-order valence-electron chi connectivity index (χ1n) is 8.14. The Kier molecular flexibility index (Phi) is 3.71. The number of hydrogen-bond acceptors (Lipinski definition) is 2. The van der Waals surface area contributed by atoms with Crippen molar-refractivity contribution in [3.05, 3.63) is 34.9 Å². The maximum atomic E-state index is 12.9. The molecule has 0 aromatic heterocycles. The molecule has 1 aliphatic heterocycles. The van der Waals surface area contributed by atoms with Crippen LogP contribution in [0.4, 0.5) is 4.79 Å². The van der Waals surface area contributed by atoms with Crippen molar-refractivity contribution < 1.29 is 9.59 Å². The Labute approximate surface area is 131 Å². The highest BCUT2D eigenvalue weighted by atomic mass is 16.2. The molecule has 0 unspecified atom stereocenters. The highest BCUT2D eigenvalue weighted by Crippen LogP contribution is 2.38. The van der Waals surface area contributed by atoms with Crippen molar-refractivity contribution in [2.24, 2.45) is 5.92 Å². The highest BCUT2D eigenvalue weighted by molar-refractivity contribution is 6.07. The van der Waals surface area contributed by atoms with Crippen molar-refractivity contribution in [2.75, 3.05) is 0 Å². The Morgan fingerprint density at radius 3 is 2.77 bits per heavy atom. The van der Waals surface area contributed by atoms with E-state index in [1.807, 2.05) is 19.9 Å². The fourth-order valence-corrected chi connectivity index (χ4v) is 3.78. The maximum absolute atomic E-state index is 12.9. The molecule has 1 heterocycles. The Morgan fingerprint density at radius 2 is 2.05 bits per heavy atom. The molecule has 1 N–H and O–H groups in total. The minimum absolute atomic E-state index is 0.0365. The zero-order valence-electron chi connectivity index (χ0n) is 13.6. The van der Waals surface area contributed by atoms with Gasteiger partial charge in [0.25, 0.3) is 5.91 Å². The molecule has 4 nitrogen and oxygen atoms in total. The summed E-state index contributed by atoms with van der Waals surface area (Å²) in [6, 6.07) is 5.92. The van der Waals surface area contributed by atoms with Crippen molar-refractivity contribution >= 4 is 11.9 Å². The van der Waals surface area contributed by atoms with Gasteiger partial charge in [-0.05, 0) is 43.7 Å². The summed E-state index contributed by atoms with van der Waals surface area (Å²) in [5, 5.41) is 3.01. The number of carbonyl (C=O) groups excluding carboxylic acids is 2. The number of imide groups is 1. The quantitative estimate of drug-likeness (QED) is 0.852. The van der Waals surface area contributed by atoms with Gasteiger partial charge in [0.15, 0.2) is 0 Å². The largest absolute Gasteiger partial charge is 0.325 e. The summed E-state index contributed by atoms with van der Waals surface area (Å²) < 4.78 is 0. The molecule has 118 valence electrons. The summed E-state index contributed by atoms with van der Waals surface area (Å²) >= 11 is 0. The van der Waals surface area contributed by atoms with Crippen LogP contribution in [0.3, 0.4) is 0 Å². The summed E-state index contributed by atoms with van der Waals surface area (Å²) in [4.78, 5) is 26.8. The van der Waals surface area contributed by atoms with Crippen molar-refractivity contribution in [2.45, 2.75) is 58.5 Å². The molecule has 3 amide bonds. The van der Waals surface area contributed by atoms with Crippen LogP contribution in [-0.2, 0) is 11.3 Å². The molecule has 22 heavy (non-hydrogen) atoms. The molecule has 3 rings (SSSR count). The summed E-state index contributed by atoms with van der Waals surface area (Å²) in [6.45, 7) is 6.50. The lowest BCUT2D eigenvalue weighted by Crippen LogP contribution is -2.53. The van der Waals surface area contributed by atoms with Gasteiger partial charge in [0, 0.05) is 0 Å². The molecule has 1 saturated heterocycles. The third kappa shape index (κ3) is 2.31. The second kappa shape index (κ2) is 5.41. The first-order valence-corrected chi connectivity index (χ1v) is 8.14. The first kappa shape index (κ1) is 15.1. The third-order valence-corrected chi connectivity index (χ3v) is 5.33. The molecular formula is C18H24N2O2. The monoisotopic (exact) mass is 300 g/mol. The normalized spacial score (nSPS) is 28.3. The maximum Gasteiger partial charge on any atom is 0.325 e. The predicted octanol–water partition coefficient (Wildman–Crippen LogP) is 3.30. The minimum atomic E-state index is -0.660. The summed E-state index contributed by atoms with van der Waals surface area (Å²) in [6.07, 6.45) is 3.92. The van der Waals surface area contributed by atoms with Crippen LogP contribution in [0.25, 0.3) is 0 Å². The molecule has 1 spiro atoms. The van der Waals surface area contributed by atoms with Gasteiger partial charge in [-0.15, -0.1) is 0 Å². The lowest BCUT2D eigenvalue weighted by atomic mass is 9.73. The lowest BCUT2D eigenvalue weighted by Gasteiger charge is -2.36. The van der Waals surface area contributed by atoms with Gasteiger partial charge in [-0.1, -0.05) is 43.5 Å². The number of rotatable bonds is 2. The average Bonchev–Trinajstić information content (AvgIpc) is 2.71. The number of nitrogens with one attached hydrogen (secondary N) is 1. The van der Waals surface area contributed by atoms with E-state index < -0.39 is 5.54 Å². The molecule has 4 heteroatoms. The van der Waals surface area contributed by atoms with Crippen LogP contribution in [0.2, 0.25) is 0 Å². The number of benzene rings is 1. The van der Waals surface area contributed by atoms with E-state index in [9.17, 15) is 9.59 Å². The molecule has 2 fully saturated rings. The first-order chi connectivity index (χ1) is 10.4. The molecule has 1 aromatic rings. The van der Waals surface area contributed by atoms with E-state index in [0.29, 0.717) is 6.54 Å². The van der Waals surface area contributed by atoms with Crippen LogP contribution >= 0.6 is 0 Å². The predicted molar refractivity (Wildman–Crippen MR) is 85.4 cm³/mol. The Balaban J connectivity index is 1.87. The van der Waals surface area contributed by atoms with Crippen molar-refractivity contribution in [3.63, 3.8) is 0 Å². The Hall–Kier alpha value is -1.84. The van der Waals surface area contributed by atoms with Gasteiger partial charge in [-0.25, -0.2) is 4.79 Å². The van der Waals surface area contributed by atoms with E-state index in [0.717, 1.165) is 42.4 Å². The Bertz CT molecular complexity index is 626. The summed E-state index contributed by atoms with van der Waals surface area (Å²) in [5.74, 6) is 0.173. The van der Waals surface area contributed by atoms with Crippen LogP contribution in [-0.4, -0.2) is 22.4 Å². The number of nitrogens with zero attached hydrogens (tertiary/aromatic N) is 1. The van der Waals surface area contributed by atoms with E-state index in [1.165, 1.54) is 4.90 Å². The minimum Gasteiger partial charge on any atom is -0.323 e.